The zero-order valence-corrected chi connectivity index (χ0v) is 16.6. The van der Waals surface area contributed by atoms with Crippen molar-refractivity contribution >= 4 is 0 Å². The summed E-state index contributed by atoms with van der Waals surface area (Å²) >= 11 is 0. The second kappa shape index (κ2) is 8.58. The number of rotatable bonds is 5. The lowest BCUT2D eigenvalue weighted by Crippen LogP contribution is -2.10. The summed E-state index contributed by atoms with van der Waals surface area (Å²) < 4.78 is 41.0. The van der Waals surface area contributed by atoms with Gasteiger partial charge in [0.1, 0.15) is 5.75 Å². The molecule has 0 radical (unpaired) electrons. The van der Waals surface area contributed by atoms with Crippen LogP contribution in [0.5, 0.6) is 5.75 Å². The number of hydrogen-bond donors (Lipinski definition) is 2. The summed E-state index contributed by atoms with van der Waals surface area (Å²) in [6.45, 7) is 0. The van der Waals surface area contributed by atoms with Crippen molar-refractivity contribution in [2.45, 2.75) is 12.2 Å². The fraction of sp³-hybridized carbons (Fsp3) is 0.0833. The van der Waals surface area contributed by atoms with Crippen molar-refractivity contribution in [1.82, 2.24) is 9.97 Å². The van der Waals surface area contributed by atoms with E-state index in [4.69, 9.17) is 5.53 Å². The molecule has 0 bridgehead atoms. The second-order valence-electron chi connectivity index (χ2n) is 7.03. The van der Waals surface area contributed by atoms with E-state index in [1.54, 1.807) is 36.4 Å². The predicted octanol–water partition coefficient (Wildman–Crippen LogP) is 6.66. The maximum absolute atomic E-state index is 13.7. The smallest absolute Gasteiger partial charge is 0.417 e. The van der Waals surface area contributed by atoms with Crippen LogP contribution in [0.1, 0.15) is 23.0 Å². The number of nitrogens with one attached hydrogen (secondary N) is 1. The van der Waals surface area contributed by atoms with Crippen LogP contribution in [0.3, 0.4) is 0 Å². The zero-order valence-electron chi connectivity index (χ0n) is 16.6. The first-order valence-electron chi connectivity index (χ1n) is 9.63. The second-order valence-corrected chi connectivity index (χ2v) is 7.03. The first-order valence-corrected chi connectivity index (χ1v) is 9.63. The van der Waals surface area contributed by atoms with Gasteiger partial charge in [0.15, 0.2) is 11.9 Å². The fourth-order valence-electron chi connectivity index (χ4n) is 3.37. The highest BCUT2D eigenvalue weighted by Crippen LogP contribution is 2.38. The van der Waals surface area contributed by atoms with Crippen LogP contribution in [-0.4, -0.2) is 15.1 Å². The van der Waals surface area contributed by atoms with Gasteiger partial charge in [-0.15, -0.1) is 0 Å². The maximum atomic E-state index is 13.7. The molecule has 0 saturated carbocycles. The van der Waals surface area contributed by atoms with Crippen LogP contribution >= 0.6 is 0 Å². The van der Waals surface area contributed by atoms with Crippen LogP contribution < -0.4 is 0 Å². The fourth-order valence-corrected chi connectivity index (χ4v) is 3.37. The van der Waals surface area contributed by atoms with Crippen LogP contribution in [0.2, 0.25) is 0 Å². The Labute approximate surface area is 181 Å². The number of aromatic hydroxyl groups is 1. The molecule has 1 unspecified atom stereocenters. The average molecular weight is 434 g/mol. The minimum atomic E-state index is -4.56. The van der Waals surface area contributed by atoms with Gasteiger partial charge in [-0.2, -0.15) is 18.3 Å². The minimum Gasteiger partial charge on any atom is -0.508 e. The molecule has 0 saturated heterocycles. The SMILES string of the molecule is N=NC(c1ccc(O)cc1)c1nc(-c2ccccc2)cc(-c2ccccc2C(F)(F)F)n1. The Morgan fingerprint density at radius 1 is 0.812 bits per heavy atom. The third-order valence-corrected chi connectivity index (χ3v) is 4.90. The number of hydrogen-bond acceptors (Lipinski definition) is 5. The van der Waals surface area contributed by atoms with E-state index in [1.165, 1.54) is 36.4 Å². The van der Waals surface area contributed by atoms with Crippen LogP contribution in [-0.2, 0) is 6.18 Å². The molecule has 1 atom stereocenters. The predicted molar refractivity (Wildman–Crippen MR) is 113 cm³/mol. The molecule has 0 aliphatic rings. The van der Waals surface area contributed by atoms with E-state index in [-0.39, 0.29) is 22.8 Å². The molecule has 32 heavy (non-hydrogen) atoms. The molecule has 8 heteroatoms. The van der Waals surface area contributed by atoms with Gasteiger partial charge in [0.25, 0.3) is 0 Å². The maximum Gasteiger partial charge on any atom is 0.417 e. The standard InChI is InChI=1S/C24H17F3N4O/c25-24(26,27)19-9-5-4-8-18(19)21-14-20(15-6-2-1-3-7-15)29-23(30-21)22(31-28)16-10-12-17(32)13-11-16/h1-14,22,28,32H. The van der Waals surface area contributed by atoms with Gasteiger partial charge in [-0.05, 0) is 29.8 Å². The molecule has 5 nitrogen and oxygen atoms in total. The number of benzene rings is 3. The van der Waals surface area contributed by atoms with Gasteiger partial charge < -0.3 is 5.11 Å². The Balaban J connectivity index is 1.94. The lowest BCUT2D eigenvalue weighted by atomic mass is 10.0. The minimum absolute atomic E-state index is 0.0382. The van der Waals surface area contributed by atoms with Crippen LogP contribution in [0.15, 0.2) is 90.0 Å². The Kier molecular flexibility index (Phi) is 5.68. The molecule has 1 aromatic heterocycles. The highest BCUT2D eigenvalue weighted by Gasteiger charge is 2.34. The van der Waals surface area contributed by atoms with Crippen molar-refractivity contribution in [3.63, 3.8) is 0 Å². The van der Waals surface area contributed by atoms with E-state index in [2.05, 4.69) is 15.1 Å². The monoisotopic (exact) mass is 434 g/mol. The van der Waals surface area contributed by atoms with Gasteiger partial charge >= 0.3 is 6.18 Å². The number of nitrogens with zero attached hydrogens (tertiary/aromatic N) is 3. The van der Waals surface area contributed by atoms with Gasteiger partial charge in [-0.25, -0.2) is 15.5 Å². The summed E-state index contributed by atoms with van der Waals surface area (Å²) in [5.41, 5.74) is 8.49. The number of alkyl halides is 3. The van der Waals surface area contributed by atoms with E-state index >= 15 is 0 Å². The molecular weight excluding hydrogens is 417 g/mol. The summed E-state index contributed by atoms with van der Waals surface area (Å²) in [6.07, 6.45) is -4.56. The summed E-state index contributed by atoms with van der Waals surface area (Å²) in [5.74, 6) is 0.121. The number of aromatic nitrogens is 2. The lowest BCUT2D eigenvalue weighted by molar-refractivity contribution is -0.137. The van der Waals surface area contributed by atoms with E-state index < -0.39 is 17.8 Å². The summed E-state index contributed by atoms with van der Waals surface area (Å²) in [6, 6.07) is 20.8. The first kappa shape index (κ1) is 21.2. The Hall–Kier alpha value is -4.07. The topological polar surface area (TPSA) is 82.2 Å². The highest BCUT2D eigenvalue weighted by molar-refractivity contribution is 5.70. The van der Waals surface area contributed by atoms with Gasteiger partial charge in [0.05, 0.1) is 17.0 Å². The van der Waals surface area contributed by atoms with Gasteiger partial charge in [0, 0.05) is 11.1 Å². The quantitative estimate of drug-likeness (QED) is 0.345. The summed E-state index contributed by atoms with van der Waals surface area (Å²) in [5, 5.41) is 13.2. The third-order valence-electron chi connectivity index (χ3n) is 4.90. The van der Waals surface area contributed by atoms with Crippen molar-refractivity contribution in [2.75, 3.05) is 0 Å². The molecule has 4 rings (SSSR count). The Morgan fingerprint density at radius 2 is 1.44 bits per heavy atom. The van der Waals surface area contributed by atoms with E-state index in [1.807, 2.05) is 6.07 Å². The number of halogens is 3. The average Bonchev–Trinajstić information content (AvgIpc) is 2.81. The van der Waals surface area contributed by atoms with E-state index in [9.17, 15) is 18.3 Å². The molecule has 0 fully saturated rings. The van der Waals surface area contributed by atoms with Crippen molar-refractivity contribution < 1.29 is 18.3 Å². The van der Waals surface area contributed by atoms with Crippen molar-refractivity contribution in [2.24, 2.45) is 5.11 Å². The summed E-state index contributed by atoms with van der Waals surface area (Å²) in [7, 11) is 0. The van der Waals surface area contributed by atoms with E-state index in [0.29, 0.717) is 16.8 Å². The Morgan fingerprint density at radius 3 is 2.09 bits per heavy atom. The molecule has 2 N–H and O–H groups in total. The van der Waals surface area contributed by atoms with Gasteiger partial charge in [0.2, 0.25) is 0 Å². The van der Waals surface area contributed by atoms with Crippen molar-refractivity contribution in [3.05, 3.63) is 102 Å². The molecule has 0 spiro atoms. The molecular formula is C24H17F3N4O. The molecule has 0 aliphatic carbocycles. The molecule has 1 heterocycles. The lowest BCUT2D eigenvalue weighted by Gasteiger charge is -2.16. The highest BCUT2D eigenvalue weighted by atomic mass is 19.4. The zero-order chi connectivity index (χ0) is 22.7. The largest absolute Gasteiger partial charge is 0.508 e. The first-order chi connectivity index (χ1) is 15.4. The molecule has 0 amide bonds. The molecule has 4 aromatic rings. The normalized spacial score (nSPS) is 12.3. The van der Waals surface area contributed by atoms with Crippen LogP contribution in [0.4, 0.5) is 13.2 Å². The number of phenols is 1. The molecule has 0 aliphatic heterocycles. The van der Waals surface area contributed by atoms with Gasteiger partial charge in [-0.1, -0.05) is 60.7 Å². The third kappa shape index (κ3) is 4.34. The molecule has 3 aromatic carbocycles. The number of phenolic OH excluding ortho intramolecular Hbond substituents is 1. The van der Waals surface area contributed by atoms with E-state index in [0.717, 1.165) is 6.07 Å². The Bertz CT molecular complexity index is 1240. The van der Waals surface area contributed by atoms with Crippen molar-refractivity contribution in [1.29, 1.82) is 5.53 Å². The van der Waals surface area contributed by atoms with Crippen LogP contribution in [0, 0.1) is 5.53 Å². The van der Waals surface area contributed by atoms with Crippen LogP contribution in [0.25, 0.3) is 22.5 Å². The summed E-state index contributed by atoms with van der Waals surface area (Å²) in [4.78, 5) is 8.91. The van der Waals surface area contributed by atoms with Crippen molar-refractivity contribution in [3.8, 4) is 28.3 Å². The molecule has 160 valence electrons. The van der Waals surface area contributed by atoms with Gasteiger partial charge in [-0.3, -0.25) is 0 Å².